The smallest absolute Gasteiger partial charge is 0.238 e. The minimum atomic E-state index is -0.266. The highest BCUT2D eigenvalue weighted by Gasteiger charge is 2.31. The lowest BCUT2D eigenvalue weighted by Gasteiger charge is -2.05. The Hall–Kier alpha value is -1.82. The van der Waals surface area contributed by atoms with Crippen molar-refractivity contribution in [1.82, 2.24) is 10.1 Å². The number of benzene rings is 1. The number of hydrogen-bond donors (Lipinski definition) is 0. The van der Waals surface area contributed by atoms with Crippen LogP contribution < -0.4 is 4.74 Å². The van der Waals surface area contributed by atoms with Crippen molar-refractivity contribution in [1.29, 1.82) is 0 Å². The van der Waals surface area contributed by atoms with Gasteiger partial charge in [0.1, 0.15) is 11.7 Å². The monoisotopic (exact) mass is 290 g/mol. The minimum Gasteiger partial charge on any atom is -0.496 e. The molecular weight excluding hydrogens is 276 g/mol. The molecule has 1 aromatic carbocycles. The topological polar surface area (TPSA) is 65.2 Å². The third-order valence-electron chi connectivity index (χ3n) is 3.26. The average molecular weight is 290 g/mol. The van der Waals surface area contributed by atoms with Crippen LogP contribution in [0.4, 0.5) is 0 Å². The van der Waals surface area contributed by atoms with E-state index in [9.17, 15) is 4.79 Å². The van der Waals surface area contributed by atoms with Gasteiger partial charge < -0.3 is 9.26 Å². The molecule has 1 saturated heterocycles. The molecule has 3 rings (SSSR count). The van der Waals surface area contributed by atoms with Crippen molar-refractivity contribution < 1.29 is 14.1 Å². The Kier molecular flexibility index (Phi) is 3.48. The first-order chi connectivity index (χ1) is 9.69. The van der Waals surface area contributed by atoms with Crippen LogP contribution >= 0.6 is 11.8 Å². The van der Waals surface area contributed by atoms with Crippen LogP contribution in [0.25, 0.3) is 11.4 Å². The van der Waals surface area contributed by atoms with E-state index in [2.05, 4.69) is 10.1 Å². The van der Waals surface area contributed by atoms with Gasteiger partial charge in [0.25, 0.3) is 0 Å². The number of carbonyl (C=O) groups excluding carboxylic acids is 1. The number of nitrogens with zero attached hydrogens (tertiary/aromatic N) is 2. The maximum atomic E-state index is 11.7. The van der Waals surface area contributed by atoms with Crippen LogP contribution in [0.2, 0.25) is 0 Å². The lowest BCUT2D eigenvalue weighted by Crippen LogP contribution is -2.09. The summed E-state index contributed by atoms with van der Waals surface area (Å²) in [4.78, 5) is 16.1. The molecule has 2 heterocycles. The molecule has 104 valence electrons. The Bertz CT molecular complexity index is 654. The van der Waals surface area contributed by atoms with E-state index in [1.807, 2.05) is 25.1 Å². The summed E-state index contributed by atoms with van der Waals surface area (Å²) in [5.41, 5.74) is 1.86. The fraction of sp³-hybridized carbons (Fsp3) is 0.357. The number of aromatic nitrogens is 2. The van der Waals surface area contributed by atoms with Crippen molar-refractivity contribution in [2.24, 2.45) is 0 Å². The number of thioether (sulfide) groups is 1. The van der Waals surface area contributed by atoms with Crippen molar-refractivity contribution in [2.45, 2.75) is 12.8 Å². The molecule has 1 atom stereocenters. The van der Waals surface area contributed by atoms with E-state index in [1.165, 1.54) is 0 Å². The summed E-state index contributed by atoms with van der Waals surface area (Å²) >= 11 is 1.60. The maximum absolute atomic E-state index is 11.7. The molecule has 1 unspecified atom stereocenters. The lowest BCUT2D eigenvalue weighted by atomic mass is 10.1. The summed E-state index contributed by atoms with van der Waals surface area (Å²) in [6.45, 7) is 1.99. The molecule has 20 heavy (non-hydrogen) atoms. The van der Waals surface area contributed by atoms with E-state index in [0.29, 0.717) is 29.0 Å². The zero-order valence-electron chi connectivity index (χ0n) is 11.3. The summed E-state index contributed by atoms with van der Waals surface area (Å²) in [5.74, 6) is 2.68. The molecule has 1 aliphatic heterocycles. The Morgan fingerprint density at radius 2 is 2.30 bits per heavy atom. The van der Waals surface area contributed by atoms with Crippen LogP contribution in [0.15, 0.2) is 22.7 Å². The summed E-state index contributed by atoms with van der Waals surface area (Å²) in [5, 5.41) is 3.98. The molecule has 0 radical (unpaired) electrons. The maximum Gasteiger partial charge on any atom is 0.238 e. The summed E-state index contributed by atoms with van der Waals surface area (Å²) in [6, 6.07) is 5.78. The van der Waals surface area contributed by atoms with Crippen molar-refractivity contribution in [3.8, 4) is 17.1 Å². The molecule has 1 fully saturated rings. The predicted octanol–water partition coefficient (Wildman–Crippen LogP) is 2.45. The zero-order valence-corrected chi connectivity index (χ0v) is 12.1. The second-order valence-corrected chi connectivity index (χ2v) is 5.72. The van der Waals surface area contributed by atoms with Crippen molar-refractivity contribution in [3.05, 3.63) is 29.7 Å². The molecule has 1 aliphatic rings. The van der Waals surface area contributed by atoms with Gasteiger partial charge in [0.05, 0.1) is 18.4 Å². The molecule has 1 aromatic heterocycles. The summed E-state index contributed by atoms with van der Waals surface area (Å²) < 4.78 is 10.6. The minimum absolute atomic E-state index is 0.154. The van der Waals surface area contributed by atoms with E-state index in [0.717, 1.165) is 11.1 Å². The van der Waals surface area contributed by atoms with E-state index in [-0.39, 0.29) is 11.7 Å². The summed E-state index contributed by atoms with van der Waals surface area (Å²) in [7, 11) is 1.61. The number of aryl methyl sites for hydroxylation is 1. The number of methoxy groups -OCH3 is 1. The molecule has 0 saturated carbocycles. The highest BCUT2D eigenvalue weighted by Crippen LogP contribution is 2.32. The zero-order chi connectivity index (χ0) is 14.1. The van der Waals surface area contributed by atoms with Crippen molar-refractivity contribution >= 4 is 17.5 Å². The van der Waals surface area contributed by atoms with Gasteiger partial charge in [-0.05, 0) is 24.6 Å². The fourth-order valence-corrected chi connectivity index (χ4v) is 3.23. The Balaban J connectivity index is 1.96. The fourth-order valence-electron chi connectivity index (χ4n) is 2.15. The van der Waals surface area contributed by atoms with Crippen LogP contribution in [0.5, 0.6) is 5.75 Å². The standard InChI is InChI=1S/C14H14N2O3S/c1-8-3-4-9(12(5-8)18-2)13-15-14(19-16-13)10-6-20-7-11(10)17/h3-5,10H,6-7H2,1-2H3. The number of hydrogen-bond acceptors (Lipinski definition) is 6. The molecule has 2 aromatic rings. The number of rotatable bonds is 3. The largest absolute Gasteiger partial charge is 0.496 e. The van der Waals surface area contributed by atoms with Crippen LogP contribution in [-0.2, 0) is 4.79 Å². The first-order valence-electron chi connectivity index (χ1n) is 6.28. The number of ketones is 1. The van der Waals surface area contributed by atoms with Crippen LogP contribution in [0.3, 0.4) is 0 Å². The van der Waals surface area contributed by atoms with Gasteiger partial charge in [0.15, 0.2) is 5.78 Å². The quantitative estimate of drug-likeness (QED) is 0.865. The lowest BCUT2D eigenvalue weighted by molar-refractivity contribution is -0.117. The Morgan fingerprint density at radius 1 is 1.45 bits per heavy atom. The SMILES string of the molecule is COc1cc(C)ccc1-c1noc(C2CSCC2=O)n1. The van der Waals surface area contributed by atoms with Gasteiger partial charge in [-0.3, -0.25) is 4.79 Å². The van der Waals surface area contributed by atoms with Crippen molar-refractivity contribution in [2.75, 3.05) is 18.6 Å². The third-order valence-corrected chi connectivity index (χ3v) is 4.31. The molecule has 0 aliphatic carbocycles. The van der Waals surface area contributed by atoms with Crippen LogP contribution in [0, 0.1) is 6.92 Å². The number of Topliss-reactive ketones (excluding diaryl/α,β-unsaturated/α-hetero) is 1. The van der Waals surface area contributed by atoms with Gasteiger partial charge in [-0.2, -0.15) is 16.7 Å². The van der Waals surface area contributed by atoms with Gasteiger partial charge in [0, 0.05) is 5.75 Å². The molecule has 6 heteroatoms. The highest BCUT2D eigenvalue weighted by molar-refractivity contribution is 8.00. The van der Waals surface area contributed by atoms with Gasteiger partial charge in [-0.25, -0.2) is 0 Å². The second-order valence-electron chi connectivity index (χ2n) is 4.69. The van der Waals surface area contributed by atoms with E-state index >= 15 is 0 Å². The molecule has 0 spiro atoms. The average Bonchev–Trinajstić information content (AvgIpc) is 3.07. The second kappa shape index (κ2) is 5.28. The number of carbonyl (C=O) groups is 1. The van der Waals surface area contributed by atoms with Gasteiger partial charge in [-0.1, -0.05) is 11.2 Å². The first-order valence-corrected chi connectivity index (χ1v) is 7.43. The normalized spacial score (nSPS) is 18.5. The van der Waals surface area contributed by atoms with Crippen LogP contribution in [0.1, 0.15) is 17.4 Å². The molecule has 5 nitrogen and oxygen atoms in total. The Labute approximate surface area is 120 Å². The van der Waals surface area contributed by atoms with E-state index in [1.54, 1.807) is 18.9 Å². The van der Waals surface area contributed by atoms with E-state index in [4.69, 9.17) is 9.26 Å². The van der Waals surface area contributed by atoms with Gasteiger partial charge in [0.2, 0.25) is 11.7 Å². The molecular formula is C14H14N2O3S. The van der Waals surface area contributed by atoms with Crippen molar-refractivity contribution in [3.63, 3.8) is 0 Å². The third kappa shape index (κ3) is 2.31. The number of ether oxygens (including phenoxy) is 1. The predicted molar refractivity (Wildman–Crippen MR) is 76.1 cm³/mol. The summed E-state index contributed by atoms with van der Waals surface area (Å²) in [6.07, 6.45) is 0. The molecule has 0 bridgehead atoms. The Morgan fingerprint density at radius 3 is 3.00 bits per heavy atom. The van der Waals surface area contributed by atoms with Gasteiger partial charge in [-0.15, -0.1) is 0 Å². The van der Waals surface area contributed by atoms with Crippen LogP contribution in [-0.4, -0.2) is 34.5 Å². The van der Waals surface area contributed by atoms with Gasteiger partial charge >= 0.3 is 0 Å². The first kappa shape index (κ1) is 13.2. The molecule has 0 N–H and O–H groups in total. The molecule has 0 amide bonds. The highest BCUT2D eigenvalue weighted by atomic mass is 32.2. The van der Waals surface area contributed by atoms with E-state index < -0.39 is 0 Å².